The Morgan fingerprint density at radius 2 is 2.24 bits per heavy atom. The van der Waals surface area contributed by atoms with Gasteiger partial charge in [-0.1, -0.05) is 0 Å². The van der Waals surface area contributed by atoms with Crippen LogP contribution in [0.4, 0.5) is 5.69 Å². The third kappa shape index (κ3) is 2.59. The predicted molar refractivity (Wildman–Crippen MR) is 82.1 cm³/mol. The van der Waals surface area contributed by atoms with Crippen molar-refractivity contribution in [3.8, 4) is 5.75 Å². The summed E-state index contributed by atoms with van der Waals surface area (Å²) in [4.78, 5) is 16.6. The van der Waals surface area contributed by atoms with Gasteiger partial charge in [-0.3, -0.25) is 9.48 Å². The second-order valence-corrected chi connectivity index (χ2v) is 5.84. The number of rotatable bonds is 3. The summed E-state index contributed by atoms with van der Waals surface area (Å²) in [5.41, 5.74) is 2.00. The van der Waals surface area contributed by atoms with Crippen molar-refractivity contribution in [1.29, 1.82) is 0 Å². The zero-order chi connectivity index (χ0) is 15.0. The minimum absolute atomic E-state index is 0.220. The lowest BCUT2D eigenvalue weighted by atomic mass is 10.2. The van der Waals surface area contributed by atoms with E-state index in [9.17, 15) is 4.79 Å². The molecule has 2 heterocycles. The highest BCUT2D eigenvalue weighted by Gasteiger charge is 2.13. The molecule has 3 aromatic rings. The van der Waals surface area contributed by atoms with Gasteiger partial charge in [0.25, 0.3) is 5.91 Å². The van der Waals surface area contributed by atoms with Gasteiger partial charge in [0.15, 0.2) is 0 Å². The Balaban J connectivity index is 1.96. The Labute approximate surface area is 125 Å². The van der Waals surface area contributed by atoms with E-state index in [0.29, 0.717) is 17.0 Å². The number of aromatic nitrogens is 3. The standard InChI is InChI=1S/C14H14N4O2S/c1-8-16-11-4-12(20-3)10(5-13(11)21-8)17-14(19)9-6-15-18(2)7-9/h4-7H,1-3H3,(H,17,19). The third-order valence-corrected chi connectivity index (χ3v) is 3.97. The van der Waals surface area contributed by atoms with Gasteiger partial charge in [0.05, 0.1) is 39.8 Å². The number of carbonyl (C=O) groups excluding carboxylic acids is 1. The second kappa shape index (κ2) is 5.17. The van der Waals surface area contributed by atoms with Gasteiger partial charge in [-0.15, -0.1) is 11.3 Å². The number of carbonyl (C=O) groups is 1. The van der Waals surface area contributed by atoms with Crippen molar-refractivity contribution in [1.82, 2.24) is 14.8 Å². The molecule has 1 N–H and O–H groups in total. The molecule has 0 saturated carbocycles. The SMILES string of the molecule is COc1cc2nc(C)sc2cc1NC(=O)c1cnn(C)c1. The molecule has 3 rings (SSSR count). The number of aryl methyl sites for hydroxylation is 2. The molecule has 0 aliphatic carbocycles. The maximum absolute atomic E-state index is 12.2. The smallest absolute Gasteiger partial charge is 0.258 e. The molecular weight excluding hydrogens is 288 g/mol. The fourth-order valence-corrected chi connectivity index (χ4v) is 2.92. The van der Waals surface area contributed by atoms with Crippen LogP contribution in [-0.4, -0.2) is 27.8 Å². The van der Waals surface area contributed by atoms with E-state index in [2.05, 4.69) is 15.4 Å². The van der Waals surface area contributed by atoms with Crippen LogP contribution < -0.4 is 10.1 Å². The first-order valence-electron chi connectivity index (χ1n) is 6.32. The van der Waals surface area contributed by atoms with Gasteiger partial charge < -0.3 is 10.1 Å². The van der Waals surface area contributed by atoms with E-state index in [1.165, 1.54) is 6.20 Å². The number of anilines is 1. The van der Waals surface area contributed by atoms with Gasteiger partial charge >= 0.3 is 0 Å². The Kier molecular flexibility index (Phi) is 3.34. The van der Waals surface area contributed by atoms with Crippen molar-refractivity contribution in [3.05, 3.63) is 35.1 Å². The first-order chi connectivity index (χ1) is 10.1. The lowest BCUT2D eigenvalue weighted by molar-refractivity contribution is 0.102. The van der Waals surface area contributed by atoms with Crippen molar-refractivity contribution in [2.75, 3.05) is 12.4 Å². The molecule has 7 heteroatoms. The van der Waals surface area contributed by atoms with Crippen LogP contribution in [0.5, 0.6) is 5.75 Å². The number of ether oxygens (including phenoxy) is 1. The molecule has 0 radical (unpaired) electrons. The van der Waals surface area contributed by atoms with Crippen LogP contribution in [-0.2, 0) is 7.05 Å². The lowest BCUT2D eigenvalue weighted by Gasteiger charge is -2.09. The number of methoxy groups -OCH3 is 1. The van der Waals surface area contributed by atoms with E-state index in [-0.39, 0.29) is 5.91 Å². The number of fused-ring (bicyclic) bond motifs is 1. The van der Waals surface area contributed by atoms with E-state index >= 15 is 0 Å². The Morgan fingerprint density at radius 1 is 1.43 bits per heavy atom. The minimum atomic E-state index is -0.220. The molecule has 1 amide bonds. The molecule has 0 bridgehead atoms. The van der Waals surface area contributed by atoms with Gasteiger partial charge in [-0.25, -0.2) is 4.98 Å². The molecule has 0 saturated heterocycles. The normalized spacial score (nSPS) is 10.8. The molecule has 0 atom stereocenters. The zero-order valence-corrected chi connectivity index (χ0v) is 12.7. The summed E-state index contributed by atoms with van der Waals surface area (Å²) < 4.78 is 7.93. The number of hydrogen-bond acceptors (Lipinski definition) is 5. The van der Waals surface area contributed by atoms with Crippen LogP contribution in [0, 0.1) is 6.92 Å². The number of nitrogens with one attached hydrogen (secondary N) is 1. The predicted octanol–water partition coefficient (Wildman–Crippen LogP) is 2.60. The summed E-state index contributed by atoms with van der Waals surface area (Å²) in [6.45, 7) is 1.95. The lowest BCUT2D eigenvalue weighted by Crippen LogP contribution is -2.11. The van der Waals surface area contributed by atoms with Crippen LogP contribution >= 0.6 is 11.3 Å². The fraction of sp³-hybridized carbons (Fsp3) is 0.214. The van der Waals surface area contributed by atoms with Crippen molar-refractivity contribution in [3.63, 3.8) is 0 Å². The molecule has 108 valence electrons. The summed E-state index contributed by atoms with van der Waals surface area (Å²) in [5.74, 6) is 0.368. The number of amides is 1. The number of benzene rings is 1. The molecule has 6 nitrogen and oxygen atoms in total. The quantitative estimate of drug-likeness (QED) is 0.807. The van der Waals surface area contributed by atoms with Crippen LogP contribution in [0.25, 0.3) is 10.2 Å². The Morgan fingerprint density at radius 3 is 2.90 bits per heavy atom. The van der Waals surface area contributed by atoms with Crippen LogP contribution in [0.15, 0.2) is 24.5 Å². The van der Waals surface area contributed by atoms with E-state index in [1.807, 2.05) is 19.1 Å². The average molecular weight is 302 g/mol. The maximum atomic E-state index is 12.2. The third-order valence-electron chi connectivity index (χ3n) is 3.03. The highest BCUT2D eigenvalue weighted by molar-refractivity contribution is 7.18. The molecule has 0 aliphatic rings. The van der Waals surface area contributed by atoms with Crippen molar-refractivity contribution >= 4 is 33.1 Å². The highest BCUT2D eigenvalue weighted by Crippen LogP contribution is 2.33. The molecule has 21 heavy (non-hydrogen) atoms. The van der Waals surface area contributed by atoms with Gasteiger partial charge in [0.2, 0.25) is 0 Å². The maximum Gasteiger partial charge on any atom is 0.258 e. The van der Waals surface area contributed by atoms with Crippen LogP contribution in [0.3, 0.4) is 0 Å². The summed E-state index contributed by atoms with van der Waals surface area (Å²) in [7, 11) is 3.34. The van der Waals surface area contributed by atoms with Crippen LogP contribution in [0.2, 0.25) is 0 Å². The number of nitrogens with zero attached hydrogens (tertiary/aromatic N) is 3. The largest absolute Gasteiger partial charge is 0.494 e. The number of hydrogen-bond donors (Lipinski definition) is 1. The number of thiazole rings is 1. The van der Waals surface area contributed by atoms with E-state index in [4.69, 9.17) is 4.74 Å². The van der Waals surface area contributed by atoms with Gasteiger partial charge in [0.1, 0.15) is 5.75 Å². The minimum Gasteiger partial charge on any atom is -0.494 e. The van der Waals surface area contributed by atoms with Crippen molar-refractivity contribution < 1.29 is 9.53 Å². The molecule has 0 fully saturated rings. The molecule has 0 unspecified atom stereocenters. The summed E-state index contributed by atoms with van der Waals surface area (Å²) in [6, 6.07) is 3.71. The fourth-order valence-electron chi connectivity index (χ4n) is 2.07. The van der Waals surface area contributed by atoms with Gasteiger partial charge in [0, 0.05) is 19.3 Å². The van der Waals surface area contributed by atoms with Gasteiger partial charge in [-0.2, -0.15) is 5.10 Å². The second-order valence-electron chi connectivity index (χ2n) is 4.61. The Bertz CT molecular complexity index is 822. The topological polar surface area (TPSA) is 69.0 Å². The first kappa shape index (κ1) is 13.6. The van der Waals surface area contributed by atoms with Gasteiger partial charge in [-0.05, 0) is 13.0 Å². The van der Waals surface area contributed by atoms with Crippen molar-refractivity contribution in [2.45, 2.75) is 6.92 Å². The Hall–Kier alpha value is -2.41. The zero-order valence-electron chi connectivity index (χ0n) is 11.9. The van der Waals surface area contributed by atoms with E-state index < -0.39 is 0 Å². The molecule has 1 aromatic carbocycles. The summed E-state index contributed by atoms with van der Waals surface area (Å²) in [6.07, 6.45) is 3.19. The molecule has 0 aliphatic heterocycles. The van der Waals surface area contributed by atoms with E-state index in [1.54, 1.807) is 36.4 Å². The van der Waals surface area contributed by atoms with Crippen LogP contribution in [0.1, 0.15) is 15.4 Å². The van der Waals surface area contributed by atoms with E-state index in [0.717, 1.165) is 15.2 Å². The molecule has 0 spiro atoms. The van der Waals surface area contributed by atoms with Crippen molar-refractivity contribution in [2.24, 2.45) is 7.05 Å². The summed E-state index contributed by atoms with van der Waals surface area (Å²) >= 11 is 1.58. The highest BCUT2D eigenvalue weighted by atomic mass is 32.1. The molecular formula is C14H14N4O2S. The molecule has 2 aromatic heterocycles. The average Bonchev–Trinajstić information content (AvgIpc) is 3.02. The monoisotopic (exact) mass is 302 g/mol. The summed E-state index contributed by atoms with van der Waals surface area (Å²) in [5, 5.41) is 7.82. The first-order valence-corrected chi connectivity index (χ1v) is 7.13.